The molecule has 0 bridgehead atoms. The fraction of sp³-hybridized carbons (Fsp3) is 0.370. The number of carbonyl (C=O) groups is 1. The number of carbonyl (C=O) groups excluding carboxylic acids is 1. The Morgan fingerprint density at radius 3 is 2.71 bits per heavy atom. The highest BCUT2D eigenvalue weighted by Gasteiger charge is 2.25. The van der Waals surface area contributed by atoms with E-state index in [-0.39, 0.29) is 11.9 Å². The Labute approximate surface area is 200 Å². The molecule has 3 heterocycles. The van der Waals surface area contributed by atoms with Crippen molar-refractivity contribution in [3.63, 3.8) is 0 Å². The van der Waals surface area contributed by atoms with Gasteiger partial charge in [-0.15, -0.1) is 0 Å². The van der Waals surface area contributed by atoms with Gasteiger partial charge in [-0.1, -0.05) is 24.1 Å². The van der Waals surface area contributed by atoms with Crippen LogP contribution in [-0.4, -0.2) is 34.6 Å². The zero-order valence-corrected chi connectivity index (χ0v) is 20.0. The van der Waals surface area contributed by atoms with Crippen molar-refractivity contribution < 1.29 is 18.8 Å². The fourth-order valence-electron chi connectivity index (χ4n) is 4.33. The summed E-state index contributed by atoms with van der Waals surface area (Å²) in [6.07, 6.45) is 11.3. The maximum Gasteiger partial charge on any atom is 0.247 e. The van der Waals surface area contributed by atoms with Gasteiger partial charge >= 0.3 is 0 Å². The van der Waals surface area contributed by atoms with Crippen LogP contribution in [-0.2, 0) is 11.4 Å². The molecular weight excluding hydrogens is 430 g/mol. The van der Waals surface area contributed by atoms with Crippen LogP contribution in [0.4, 0.5) is 0 Å². The molecule has 1 aliphatic heterocycles. The Hall–Kier alpha value is -3.61. The molecule has 1 aromatic carbocycles. The molecule has 0 saturated carbocycles. The molecule has 3 aromatic rings. The number of benzene rings is 1. The molecule has 1 amide bonds. The molecule has 0 aliphatic carbocycles. The quantitative estimate of drug-likeness (QED) is 0.437. The summed E-state index contributed by atoms with van der Waals surface area (Å²) >= 11 is 0. The highest BCUT2D eigenvalue weighted by atomic mass is 16.5. The maximum absolute atomic E-state index is 13.2. The van der Waals surface area contributed by atoms with E-state index in [2.05, 4.69) is 10.1 Å². The van der Waals surface area contributed by atoms with Gasteiger partial charge in [0, 0.05) is 25.0 Å². The smallest absolute Gasteiger partial charge is 0.247 e. The van der Waals surface area contributed by atoms with E-state index < -0.39 is 0 Å². The molecule has 0 spiro atoms. The Morgan fingerprint density at radius 2 is 1.97 bits per heavy atom. The molecule has 1 unspecified atom stereocenters. The maximum atomic E-state index is 13.2. The predicted octanol–water partition coefficient (Wildman–Crippen LogP) is 5.43. The number of rotatable bonds is 7. The Balaban J connectivity index is 1.47. The van der Waals surface area contributed by atoms with Crippen LogP contribution in [0.5, 0.6) is 11.5 Å². The lowest BCUT2D eigenvalue weighted by Crippen LogP contribution is -2.33. The van der Waals surface area contributed by atoms with Crippen LogP contribution in [0, 0.1) is 13.8 Å². The third-order valence-corrected chi connectivity index (χ3v) is 6.29. The summed E-state index contributed by atoms with van der Waals surface area (Å²) in [5.74, 6) is 1.98. The molecule has 1 aliphatic rings. The zero-order valence-electron chi connectivity index (χ0n) is 20.0. The summed E-state index contributed by atoms with van der Waals surface area (Å²) in [6.45, 7) is 4.86. The van der Waals surface area contributed by atoms with Crippen molar-refractivity contribution >= 4 is 12.0 Å². The first-order valence-electron chi connectivity index (χ1n) is 11.7. The molecule has 7 nitrogen and oxygen atoms in total. The van der Waals surface area contributed by atoms with Crippen LogP contribution in [0.1, 0.15) is 59.9 Å². The van der Waals surface area contributed by atoms with Gasteiger partial charge in [-0.25, -0.2) is 0 Å². The molecule has 1 fully saturated rings. The number of likely N-dealkylation sites (tertiary alicyclic amines) is 1. The number of methoxy groups -OCH3 is 1. The van der Waals surface area contributed by atoms with E-state index in [0.29, 0.717) is 18.1 Å². The summed E-state index contributed by atoms with van der Waals surface area (Å²) in [5, 5.41) is 3.96. The molecule has 4 rings (SSSR count). The first-order valence-corrected chi connectivity index (χ1v) is 11.7. The van der Waals surface area contributed by atoms with E-state index in [1.165, 1.54) is 0 Å². The molecule has 2 aromatic heterocycles. The monoisotopic (exact) mass is 461 g/mol. The molecule has 7 heteroatoms. The van der Waals surface area contributed by atoms with E-state index in [1.54, 1.807) is 25.6 Å². The van der Waals surface area contributed by atoms with Gasteiger partial charge in [0.15, 0.2) is 11.5 Å². The Bertz CT molecular complexity index is 1120. The summed E-state index contributed by atoms with van der Waals surface area (Å²) in [4.78, 5) is 19.3. The van der Waals surface area contributed by atoms with E-state index in [9.17, 15) is 4.79 Å². The van der Waals surface area contributed by atoms with Crippen LogP contribution < -0.4 is 9.47 Å². The first-order chi connectivity index (χ1) is 16.6. The second-order valence-electron chi connectivity index (χ2n) is 8.51. The lowest BCUT2D eigenvalue weighted by Gasteiger charge is -2.29. The molecular formula is C27H31N3O4. The third kappa shape index (κ3) is 5.47. The van der Waals surface area contributed by atoms with Gasteiger partial charge in [0.1, 0.15) is 12.4 Å². The van der Waals surface area contributed by atoms with Gasteiger partial charge in [0.05, 0.1) is 24.4 Å². The minimum absolute atomic E-state index is 0.0152. The van der Waals surface area contributed by atoms with Crippen molar-refractivity contribution in [3.05, 3.63) is 76.9 Å². The number of amides is 1. The number of hydrogen-bond donors (Lipinski definition) is 0. The number of aromatic nitrogens is 2. The summed E-state index contributed by atoms with van der Waals surface area (Å²) < 4.78 is 16.7. The van der Waals surface area contributed by atoms with Gasteiger partial charge in [0.2, 0.25) is 5.91 Å². The highest BCUT2D eigenvalue weighted by Crippen LogP contribution is 2.32. The Morgan fingerprint density at radius 1 is 1.15 bits per heavy atom. The van der Waals surface area contributed by atoms with Gasteiger partial charge in [0.25, 0.3) is 0 Å². The van der Waals surface area contributed by atoms with E-state index in [4.69, 9.17) is 14.0 Å². The minimum atomic E-state index is 0.0152. The van der Waals surface area contributed by atoms with E-state index >= 15 is 0 Å². The van der Waals surface area contributed by atoms with Crippen LogP contribution in [0.2, 0.25) is 0 Å². The fourth-order valence-corrected chi connectivity index (χ4v) is 4.33. The molecule has 178 valence electrons. The minimum Gasteiger partial charge on any atom is -0.493 e. The van der Waals surface area contributed by atoms with Gasteiger partial charge in [-0.3, -0.25) is 9.78 Å². The third-order valence-electron chi connectivity index (χ3n) is 6.29. The highest BCUT2D eigenvalue weighted by molar-refractivity contribution is 5.92. The lowest BCUT2D eigenvalue weighted by molar-refractivity contribution is -0.128. The number of pyridine rings is 1. The van der Waals surface area contributed by atoms with Crippen molar-refractivity contribution in [3.8, 4) is 11.5 Å². The number of aryl methyl sites for hydroxylation is 2. The summed E-state index contributed by atoms with van der Waals surface area (Å²) in [6, 6.07) is 9.73. The van der Waals surface area contributed by atoms with Crippen LogP contribution in [0.15, 0.2) is 53.3 Å². The van der Waals surface area contributed by atoms with Crippen molar-refractivity contribution in [1.29, 1.82) is 0 Å². The first kappa shape index (κ1) is 23.5. The standard InChI is InChI=1S/C27H31N3O4/c1-19-23(20(2)34-29-19)18-33-25-10-8-21(17-26(25)32-3)9-11-27(31)30-16-6-4-5-7-24(30)22-12-14-28-15-13-22/h8-15,17,24H,4-7,16,18H2,1-3H3/b11-9+. The van der Waals surface area contributed by atoms with Crippen molar-refractivity contribution in [2.24, 2.45) is 0 Å². The second-order valence-corrected chi connectivity index (χ2v) is 8.51. The topological polar surface area (TPSA) is 77.7 Å². The van der Waals surface area contributed by atoms with Crippen molar-refractivity contribution in [2.45, 2.75) is 52.2 Å². The molecule has 0 radical (unpaired) electrons. The average Bonchev–Trinajstić information content (AvgIpc) is 3.04. The van der Waals surface area contributed by atoms with Crippen LogP contribution in [0.25, 0.3) is 6.08 Å². The predicted molar refractivity (Wildman–Crippen MR) is 129 cm³/mol. The summed E-state index contributed by atoms with van der Waals surface area (Å²) in [7, 11) is 1.60. The number of hydrogen-bond acceptors (Lipinski definition) is 6. The van der Waals surface area contributed by atoms with Gasteiger partial charge < -0.3 is 18.9 Å². The molecule has 0 N–H and O–H groups in total. The van der Waals surface area contributed by atoms with Gasteiger partial charge in [-0.2, -0.15) is 0 Å². The van der Waals surface area contributed by atoms with Crippen LogP contribution in [0.3, 0.4) is 0 Å². The number of nitrogens with zero attached hydrogens (tertiary/aromatic N) is 3. The van der Waals surface area contributed by atoms with E-state index in [0.717, 1.165) is 60.4 Å². The van der Waals surface area contributed by atoms with E-state index in [1.807, 2.05) is 55.2 Å². The second kappa shape index (κ2) is 11.0. The number of ether oxygens (including phenoxy) is 2. The average molecular weight is 462 g/mol. The SMILES string of the molecule is COc1cc(/C=C/C(=O)N2CCCCCC2c2ccncc2)ccc1OCc1c(C)noc1C. The largest absolute Gasteiger partial charge is 0.493 e. The van der Waals surface area contributed by atoms with Gasteiger partial charge in [-0.05, 0) is 68.2 Å². The molecule has 34 heavy (non-hydrogen) atoms. The normalized spacial score (nSPS) is 16.4. The zero-order chi connectivity index (χ0) is 23.9. The molecule has 1 saturated heterocycles. The van der Waals surface area contributed by atoms with Crippen molar-refractivity contribution in [2.75, 3.05) is 13.7 Å². The van der Waals surface area contributed by atoms with Crippen LogP contribution >= 0.6 is 0 Å². The Kier molecular flexibility index (Phi) is 7.62. The molecule has 1 atom stereocenters. The van der Waals surface area contributed by atoms with Crippen molar-refractivity contribution in [1.82, 2.24) is 15.0 Å². The summed E-state index contributed by atoms with van der Waals surface area (Å²) in [5.41, 5.74) is 3.75. The lowest BCUT2D eigenvalue weighted by atomic mass is 10.0.